The number of para-hydroxylation sites is 1. The molecule has 1 aliphatic carbocycles. The maximum atomic E-state index is 4.87. The van der Waals surface area contributed by atoms with Gasteiger partial charge in [-0.15, -0.1) is 0 Å². The van der Waals surface area contributed by atoms with Crippen molar-refractivity contribution in [2.75, 3.05) is 20.1 Å². The Morgan fingerprint density at radius 3 is 2.79 bits per heavy atom. The zero-order valence-electron chi connectivity index (χ0n) is 14.4. The Hall–Kier alpha value is -2.13. The average Bonchev–Trinajstić information content (AvgIpc) is 2.92. The quantitative estimate of drug-likeness (QED) is 0.715. The van der Waals surface area contributed by atoms with Gasteiger partial charge in [-0.3, -0.25) is 4.99 Å². The van der Waals surface area contributed by atoms with Gasteiger partial charge in [0.25, 0.3) is 0 Å². The lowest BCUT2D eigenvalue weighted by atomic mass is 9.69. The first-order chi connectivity index (χ1) is 11.7. The monoisotopic (exact) mass is 317 g/mol. The lowest BCUT2D eigenvalue weighted by Crippen LogP contribution is -2.39. The topological polar surface area (TPSA) is 20.5 Å². The van der Waals surface area contributed by atoms with Gasteiger partial charge in [0.05, 0.1) is 17.1 Å². The summed E-state index contributed by atoms with van der Waals surface area (Å²) < 4.78 is 2.35. The van der Waals surface area contributed by atoms with E-state index >= 15 is 0 Å². The normalized spacial score (nSPS) is 21.2. The van der Waals surface area contributed by atoms with E-state index < -0.39 is 0 Å². The number of nitrogens with zero attached hydrogens (tertiary/aromatic N) is 3. The van der Waals surface area contributed by atoms with E-state index in [9.17, 15) is 0 Å². The fourth-order valence-corrected chi connectivity index (χ4v) is 4.59. The molecule has 0 amide bonds. The highest BCUT2D eigenvalue weighted by Gasteiger charge is 2.37. The number of allylic oxidation sites excluding steroid dienone is 2. The molecule has 5 rings (SSSR count). The molecule has 1 fully saturated rings. The van der Waals surface area contributed by atoms with E-state index in [0.717, 1.165) is 5.69 Å². The van der Waals surface area contributed by atoms with Crippen LogP contribution < -0.4 is 0 Å². The van der Waals surface area contributed by atoms with E-state index in [1.165, 1.54) is 60.4 Å². The Bertz CT molecular complexity index is 876. The van der Waals surface area contributed by atoms with Gasteiger partial charge in [0, 0.05) is 18.0 Å². The van der Waals surface area contributed by atoms with Crippen LogP contribution >= 0.6 is 0 Å². The zero-order valence-corrected chi connectivity index (χ0v) is 14.4. The van der Waals surface area contributed by atoms with Crippen molar-refractivity contribution in [1.29, 1.82) is 0 Å². The van der Waals surface area contributed by atoms with E-state index in [1.807, 2.05) is 0 Å². The van der Waals surface area contributed by atoms with Crippen molar-refractivity contribution in [3.63, 3.8) is 0 Å². The molecule has 122 valence electrons. The first kappa shape index (κ1) is 14.2. The molecule has 1 aromatic carbocycles. The third-order valence-electron chi connectivity index (χ3n) is 6.04. The highest BCUT2D eigenvalue weighted by atomic mass is 15.1. The fraction of sp³-hybridized carbons (Fsp3) is 0.381. The Morgan fingerprint density at radius 2 is 1.96 bits per heavy atom. The minimum absolute atomic E-state index is 0.318. The van der Waals surface area contributed by atoms with E-state index in [1.54, 1.807) is 0 Å². The number of aromatic nitrogens is 1. The van der Waals surface area contributed by atoms with Crippen LogP contribution in [0.3, 0.4) is 0 Å². The van der Waals surface area contributed by atoms with Crippen molar-refractivity contribution in [1.82, 2.24) is 9.47 Å². The minimum Gasteiger partial charge on any atom is -0.314 e. The molecule has 0 unspecified atom stereocenters. The van der Waals surface area contributed by atoms with E-state index in [2.05, 4.69) is 66.2 Å². The third-order valence-corrected chi connectivity index (χ3v) is 6.04. The van der Waals surface area contributed by atoms with Gasteiger partial charge < -0.3 is 9.47 Å². The molecule has 0 N–H and O–H groups in total. The van der Waals surface area contributed by atoms with Gasteiger partial charge in [0.1, 0.15) is 0 Å². The Labute approximate surface area is 143 Å². The summed E-state index contributed by atoms with van der Waals surface area (Å²) in [5.74, 6) is 0. The van der Waals surface area contributed by atoms with Gasteiger partial charge in [-0.1, -0.05) is 18.2 Å². The standard InChI is InChI=1S/C21H23N3/c1-15-4-3-5-18-19(15)22-14-17-13-21(7-10-23(2)11-8-21)12-16-6-9-24(18)20(16)17/h3-6,9,13-14H,7-8,10-12H2,1-2H3. The number of rotatable bonds is 0. The number of aryl methyl sites for hydroxylation is 1. The highest BCUT2D eigenvalue weighted by molar-refractivity contribution is 6.12. The van der Waals surface area contributed by atoms with Gasteiger partial charge in [0.15, 0.2) is 0 Å². The predicted octanol–water partition coefficient (Wildman–Crippen LogP) is 4.15. The molecule has 0 saturated carbocycles. The van der Waals surface area contributed by atoms with Crippen molar-refractivity contribution in [3.05, 3.63) is 53.4 Å². The largest absolute Gasteiger partial charge is 0.314 e. The van der Waals surface area contributed by atoms with Gasteiger partial charge in [-0.05, 0) is 75.0 Å². The second-order valence-electron chi connectivity index (χ2n) is 7.70. The first-order valence-corrected chi connectivity index (χ1v) is 8.91. The summed E-state index contributed by atoms with van der Waals surface area (Å²) in [6.07, 6.45) is 10.5. The molecule has 3 heteroatoms. The minimum atomic E-state index is 0.318. The number of hydrogen-bond donors (Lipinski definition) is 0. The van der Waals surface area contributed by atoms with Crippen molar-refractivity contribution in [2.45, 2.75) is 26.2 Å². The van der Waals surface area contributed by atoms with Crippen LogP contribution in [0.1, 0.15) is 29.7 Å². The van der Waals surface area contributed by atoms with Crippen LogP contribution in [0.25, 0.3) is 11.3 Å². The summed E-state index contributed by atoms with van der Waals surface area (Å²) in [5.41, 5.74) is 8.00. The molecular formula is C21H23N3. The molecule has 0 bridgehead atoms. The van der Waals surface area contributed by atoms with Crippen LogP contribution in [-0.2, 0) is 6.42 Å². The van der Waals surface area contributed by atoms with Crippen LogP contribution in [0.15, 0.2) is 41.5 Å². The lowest BCUT2D eigenvalue weighted by molar-refractivity contribution is 0.163. The smallest absolute Gasteiger partial charge is 0.0899 e. The summed E-state index contributed by atoms with van der Waals surface area (Å²) in [4.78, 5) is 7.32. The highest BCUT2D eigenvalue weighted by Crippen LogP contribution is 2.46. The van der Waals surface area contributed by atoms with Crippen LogP contribution in [0, 0.1) is 12.3 Å². The molecule has 1 saturated heterocycles. The van der Waals surface area contributed by atoms with Gasteiger partial charge in [0.2, 0.25) is 0 Å². The van der Waals surface area contributed by atoms with Crippen LogP contribution in [0.5, 0.6) is 0 Å². The number of fused-ring (bicyclic) bond motifs is 2. The Morgan fingerprint density at radius 1 is 1.12 bits per heavy atom. The number of aliphatic imine (C=N–C) groups is 1. The molecule has 3 heterocycles. The van der Waals surface area contributed by atoms with E-state index in [4.69, 9.17) is 4.99 Å². The molecule has 2 aliphatic heterocycles. The SMILES string of the molecule is Cc1cccc2c1N=CC1=CC3(CCN(C)CC3)Cc3ccn-2c31. The summed E-state index contributed by atoms with van der Waals surface area (Å²) in [6.45, 7) is 4.53. The predicted molar refractivity (Wildman–Crippen MR) is 99.5 cm³/mol. The van der Waals surface area contributed by atoms with Crippen molar-refractivity contribution in [2.24, 2.45) is 10.4 Å². The maximum Gasteiger partial charge on any atom is 0.0899 e. The maximum absolute atomic E-state index is 4.87. The molecule has 1 aromatic heterocycles. The van der Waals surface area contributed by atoms with Crippen molar-refractivity contribution < 1.29 is 0 Å². The Kier molecular flexibility index (Phi) is 2.93. The molecule has 0 atom stereocenters. The van der Waals surface area contributed by atoms with Crippen molar-refractivity contribution in [3.8, 4) is 5.69 Å². The molecule has 2 aromatic rings. The van der Waals surface area contributed by atoms with Crippen LogP contribution in [0.2, 0.25) is 0 Å². The molecule has 3 aliphatic rings. The zero-order chi connectivity index (χ0) is 16.3. The van der Waals surface area contributed by atoms with Gasteiger partial charge in [-0.2, -0.15) is 0 Å². The Balaban J connectivity index is 1.69. The summed E-state index contributed by atoms with van der Waals surface area (Å²) in [7, 11) is 2.23. The number of likely N-dealkylation sites (tertiary alicyclic amines) is 1. The second kappa shape index (κ2) is 4.93. The van der Waals surface area contributed by atoms with Crippen LogP contribution in [0.4, 0.5) is 5.69 Å². The van der Waals surface area contributed by atoms with Gasteiger partial charge >= 0.3 is 0 Å². The van der Waals surface area contributed by atoms with Crippen molar-refractivity contribution >= 4 is 17.5 Å². The summed E-state index contributed by atoms with van der Waals surface area (Å²) in [6, 6.07) is 8.79. The number of piperidine rings is 1. The third kappa shape index (κ3) is 1.97. The summed E-state index contributed by atoms with van der Waals surface area (Å²) in [5, 5.41) is 0. The number of hydrogen-bond acceptors (Lipinski definition) is 2. The van der Waals surface area contributed by atoms with Crippen LogP contribution in [-0.4, -0.2) is 35.8 Å². The second-order valence-corrected chi connectivity index (χ2v) is 7.70. The van der Waals surface area contributed by atoms with E-state index in [0.29, 0.717) is 5.41 Å². The lowest BCUT2D eigenvalue weighted by Gasteiger charge is -2.41. The van der Waals surface area contributed by atoms with E-state index in [-0.39, 0.29) is 0 Å². The number of benzene rings is 1. The first-order valence-electron chi connectivity index (χ1n) is 8.91. The average molecular weight is 317 g/mol. The molecule has 0 radical (unpaired) electrons. The fourth-order valence-electron chi connectivity index (χ4n) is 4.59. The molecular weight excluding hydrogens is 294 g/mol. The molecule has 3 nitrogen and oxygen atoms in total. The van der Waals surface area contributed by atoms with Gasteiger partial charge in [-0.25, -0.2) is 0 Å². The molecule has 1 spiro atoms. The summed E-state index contributed by atoms with van der Waals surface area (Å²) >= 11 is 0. The molecule has 24 heavy (non-hydrogen) atoms.